The zero-order valence-corrected chi connectivity index (χ0v) is 20.8. The molecule has 180 valence electrons. The lowest BCUT2D eigenvalue weighted by Gasteiger charge is -2.26. The molecule has 0 saturated heterocycles. The third kappa shape index (κ3) is 6.09. The number of hydrogen-bond donors (Lipinski definition) is 1. The molecule has 0 saturated carbocycles. The maximum absolute atomic E-state index is 13.7. The Morgan fingerprint density at radius 3 is 2.32 bits per heavy atom. The second-order valence-corrected chi connectivity index (χ2v) is 10.2. The highest BCUT2D eigenvalue weighted by Gasteiger charge is 2.30. The van der Waals surface area contributed by atoms with Crippen LogP contribution < -0.4 is 14.4 Å². The van der Waals surface area contributed by atoms with Gasteiger partial charge in [-0.25, -0.2) is 12.8 Å². The van der Waals surface area contributed by atoms with E-state index in [2.05, 4.69) is 5.32 Å². The zero-order chi connectivity index (χ0) is 24.7. The number of carbonyl (C=O) groups excluding carboxylic acids is 1. The Bertz CT molecular complexity index is 1220. The zero-order valence-electron chi connectivity index (χ0n) is 19.2. The van der Waals surface area contributed by atoms with Gasteiger partial charge in [-0.2, -0.15) is 0 Å². The molecule has 3 rings (SSSR count). The first-order valence-corrected chi connectivity index (χ1v) is 13.4. The van der Waals surface area contributed by atoms with E-state index >= 15 is 0 Å². The van der Waals surface area contributed by atoms with Gasteiger partial charge in [0.1, 0.15) is 18.1 Å². The van der Waals surface area contributed by atoms with Crippen LogP contribution in [-0.4, -0.2) is 33.7 Å². The Kier molecular flexibility index (Phi) is 8.57. The average Bonchev–Trinajstić information content (AvgIpc) is 2.83. The maximum Gasteiger partial charge on any atom is 0.264 e. The molecule has 34 heavy (non-hydrogen) atoms. The van der Waals surface area contributed by atoms with E-state index in [1.807, 2.05) is 6.26 Å². The van der Waals surface area contributed by atoms with Crippen LogP contribution in [-0.2, 0) is 14.8 Å². The summed E-state index contributed by atoms with van der Waals surface area (Å²) in [5.41, 5.74) is 0.967. The Morgan fingerprint density at radius 2 is 1.71 bits per heavy atom. The highest BCUT2D eigenvalue weighted by Crippen LogP contribution is 2.33. The van der Waals surface area contributed by atoms with Gasteiger partial charge in [0, 0.05) is 4.90 Å². The summed E-state index contributed by atoms with van der Waals surface area (Å²) in [7, 11) is -4.09. The monoisotopic (exact) mass is 502 g/mol. The van der Waals surface area contributed by atoms with Crippen LogP contribution in [0.3, 0.4) is 0 Å². The molecule has 0 aliphatic rings. The Hall–Kier alpha value is -3.04. The van der Waals surface area contributed by atoms with Crippen LogP contribution in [0, 0.1) is 5.82 Å². The second-order valence-electron chi connectivity index (χ2n) is 7.43. The standard InChI is InChI=1S/C25H27FN2O4S2/c1-4-32-24-8-6-5-7-23(24)28(34(30,31)22-15-13-21(33-3)14-16-22)17-25(29)27-18(2)19-9-11-20(26)12-10-19/h5-16,18H,4,17H2,1-3H3,(H,27,29)/t18-/m1/s1. The van der Waals surface area contributed by atoms with Crippen LogP contribution in [0.4, 0.5) is 10.1 Å². The molecule has 0 aromatic heterocycles. The average molecular weight is 503 g/mol. The Morgan fingerprint density at radius 1 is 1.06 bits per heavy atom. The number of benzene rings is 3. The van der Waals surface area contributed by atoms with E-state index in [9.17, 15) is 17.6 Å². The van der Waals surface area contributed by atoms with Crippen LogP contribution >= 0.6 is 11.8 Å². The number of anilines is 1. The van der Waals surface area contributed by atoms with Gasteiger partial charge in [-0.05, 0) is 74.2 Å². The van der Waals surface area contributed by atoms with Gasteiger partial charge in [-0.15, -0.1) is 11.8 Å². The molecule has 0 fully saturated rings. The van der Waals surface area contributed by atoms with E-state index in [-0.39, 0.29) is 16.4 Å². The number of para-hydroxylation sites is 2. The van der Waals surface area contributed by atoms with Gasteiger partial charge >= 0.3 is 0 Å². The molecular weight excluding hydrogens is 475 g/mol. The fourth-order valence-electron chi connectivity index (χ4n) is 3.37. The van der Waals surface area contributed by atoms with Gasteiger partial charge in [0.25, 0.3) is 10.0 Å². The fraction of sp³-hybridized carbons (Fsp3) is 0.240. The summed E-state index contributed by atoms with van der Waals surface area (Å²) >= 11 is 1.50. The van der Waals surface area contributed by atoms with Crippen molar-refractivity contribution in [2.45, 2.75) is 29.7 Å². The van der Waals surface area contributed by atoms with Crippen LogP contribution in [0.5, 0.6) is 5.75 Å². The largest absolute Gasteiger partial charge is 0.492 e. The second kappa shape index (κ2) is 11.4. The first-order chi connectivity index (χ1) is 16.3. The number of nitrogens with one attached hydrogen (secondary N) is 1. The van der Waals surface area contributed by atoms with E-state index < -0.39 is 28.5 Å². The maximum atomic E-state index is 13.7. The number of amides is 1. The molecule has 0 aliphatic carbocycles. The third-order valence-corrected chi connectivity index (χ3v) is 7.63. The summed E-state index contributed by atoms with van der Waals surface area (Å²) in [5.74, 6) is -0.527. The summed E-state index contributed by atoms with van der Waals surface area (Å²) in [5, 5.41) is 2.80. The van der Waals surface area contributed by atoms with Gasteiger partial charge < -0.3 is 10.1 Å². The fourth-order valence-corrected chi connectivity index (χ4v) is 5.21. The molecule has 0 radical (unpaired) electrons. The van der Waals surface area contributed by atoms with Gasteiger partial charge in [0.05, 0.1) is 23.2 Å². The van der Waals surface area contributed by atoms with Crippen molar-refractivity contribution in [3.8, 4) is 5.75 Å². The van der Waals surface area contributed by atoms with E-state index in [1.54, 1.807) is 62.4 Å². The van der Waals surface area contributed by atoms with E-state index in [0.717, 1.165) is 9.20 Å². The number of ether oxygens (including phenoxy) is 1. The predicted octanol–water partition coefficient (Wildman–Crippen LogP) is 5.02. The van der Waals surface area contributed by atoms with E-state index in [4.69, 9.17) is 4.74 Å². The van der Waals surface area contributed by atoms with E-state index in [1.165, 1.54) is 36.0 Å². The van der Waals surface area contributed by atoms with Crippen molar-refractivity contribution in [1.29, 1.82) is 0 Å². The van der Waals surface area contributed by atoms with Crippen molar-refractivity contribution in [2.24, 2.45) is 0 Å². The lowest BCUT2D eigenvalue weighted by molar-refractivity contribution is -0.120. The topological polar surface area (TPSA) is 75.7 Å². The van der Waals surface area contributed by atoms with Crippen molar-refractivity contribution < 1.29 is 22.3 Å². The highest BCUT2D eigenvalue weighted by molar-refractivity contribution is 7.98. The number of sulfonamides is 1. The molecular formula is C25H27FN2O4S2. The van der Waals surface area contributed by atoms with Crippen LogP contribution in [0.2, 0.25) is 0 Å². The lowest BCUT2D eigenvalue weighted by Crippen LogP contribution is -2.41. The van der Waals surface area contributed by atoms with Crippen molar-refractivity contribution >= 4 is 33.4 Å². The highest BCUT2D eigenvalue weighted by atomic mass is 32.2. The van der Waals surface area contributed by atoms with Crippen LogP contribution in [0.25, 0.3) is 0 Å². The van der Waals surface area contributed by atoms with Crippen LogP contribution in [0.1, 0.15) is 25.5 Å². The SMILES string of the molecule is CCOc1ccccc1N(CC(=O)N[C@H](C)c1ccc(F)cc1)S(=O)(=O)c1ccc(SC)cc1. The minimum absolute atomic E-state index is 0.0657. The molecule has 1 N–H and O–H groups in total. The smallest absolute Gasteiger partial charge is 0.264 e. The molecule has 0 heterocycles. The van der Waals surface area contributed by atoms with Gasteiger partial charge in [0.15, 0.2) is 0 Å². The molecule has 1 atom stereocenters. The normalized spacial score (nSPS) is 12.1. The predicted molar refractivity (Wildman–Crippen MR) is 133 cm³/mol. The number of thioether (sulfide) groups is 1. The summed E-state index contributed by atoms with van der Waals surface area (Å²) in [6.07, 6.45) is 1.90. The number of halogens is 1. The minimum atomic E-state index is -4.09. The molecule has 1 amide bonds. The van der Waals surface area contributed by atoms with Crippen LogP contribution in [0.15, 0.2) is 82.6 Å². The molecule has 6 nitrogen and oxygen atoms in total. The van der Waals surface area contributed by atoms with Gasteiger partial charge in [-0.1, -0.05) is 24.3 Å². The quantitative estimate of drug-likeness (QED) is 0.394. The van der Waals surface area contributed by atoms with Crippen molar-refractivity contribution in [2.75, 3.05) is 23.7 Å². The molecule has 9 heteroatoms. The number of rotatable bonds is 10. The Balaban J connectivity index is 1.94. The van der Waals surface area contributed by atoms with Crippen molar-refractivity contribution in [1.82, 2.24) is 5.32 Å². The summed E-state index contributed by atoms with van der Waals surface area (Å²) in [6, 6.07) is 18.5. The van der Waals surface area contributed by atoms with Crippen molar-refractivity contribution in [3.05, 3.63) is 84.2 Å². The Labute approximate surface area is 204 Å². The first-order valence-electron chi connectivity index (χ1n) is 10.7. The van der Waals surface area contributed by atoms with Gasteiger partial charge in [-0.3, -0.25) is 9.10 Å². The first kappa shape index (κ1) is 25.6. The molecule has 0 aliphatic heterocycles. The molecule has 3 aromatic carbocycles. The van der Waals surface area contributed by atoms with Crippen molar-refractivity contribution in [3.63, 3.8) is 0 Å². The number of hydrogen-bond acceptors (Lipinski definition) is 5. The molecule has 0 bridgehead atoms. The minimum Gasteiger partial charge on any atom is -0.492 e. The molecule has 0 unspecified atom stereocenters. The van der Waals surface area contributed by atoms with E-state index in [0.29, 0.717) is 17.9 Å². The summed E-state index contributed by atoms with van der Waals surface area (Å²) < 4.78 is 47.3. The number of carbonyl (C=O) groups is 1. The summed E-state index contributed by atoms with van der Waals surface area (Å²) in [6.45, 7) is 3.43. The number of nitrogens with zero attached hydrogens (tertiary/aromatic N) is 1. The summed E-state index contributed by atoms with van der Waals surface area (Å²) in [4.78, 5) is 14.0. The third-order valence-electron chi connectivity index (χ3n) is 5.12. The molecule has 3 aromatic rings. The lowest BCUT2D eigenvalue weighted by atomic mass is 10.1. The van der Waals surface area contributed by atoms with Gasteiger partial charge in [0.2, 0.25) is 5.91 Å². The molecule has 0 spiro atoms.